The highest BCUT2D eigenvalue weighted by molar-refractivity contribution is 6.30. The van der Waals surface area contributed by atoms with Crippen LogP contribution in [0.25, 0.3) is 22.0 Å². The Balaban J connectivity index is 1.85. The molecule has 0 bridgehead atoms. The van der Waals surface area contributed by atoms with Crippen LogP contribution in [0.15, 0.2) is 42.7 Å². The van der Waals surface area contributed by atoms with Crippen molar-refractivity contribution in [3.8, 4) is 11.1 Å². The van der Waals surface area contributed by atoms with Crippen molar-refractivity contribution >= 4 is 40.1 Å². The summed E-state index contributed by atoms with van der Waals surface area (Å²) in [6, 6.07) is 9.65. The summed E-state index contributed by atoms with van der Waals surface area (Å²) >= 11 is 6.24. The monoisotopic (exact) mass is 548 g/mol. The number of nitrogens with zero attached hydrogens (tertiary/aromatic N) is 4. The Hall–Kier alpha value is -3.46. The van der Waals surface area contributed by atoms with E-state index in [1.165, 1.54) is 0 Å². The van der Waals surface area contributed by atoms with E-state index in [1.54, 1.807) is 19.5 Å². The molecule has 0 saturated carbocycles. The molecule has 0 radical (unpaired) electrons. The summed E-state index contributed by atoms with van der Waals surface area (Å²) < 4.78 is 13.8. The van der Waals surface area contributed by atoms with E-state index in [1.807, 2.05) is 52.0 Å². The van der Waals surface area contributed by atoms with E-state index in [0.717, 1.165) is 51.1 Å². The van der Waals surface area contributed by atoms with Gasteiger partial charge in [0.25, 0.3) is 0 Å². The summed E-state index contributed by atoms with van der Waals surface area (Å²) in [6.07, 6.45) is 2.33. The molecule has 2 aromatic carbocycles. The third-order valence-electron chi connectivity index (χ3n) is 6.98. The molecule has 1 N–H and O–H groups in total. The maximum absolute atomic E-state index is 12.8. The molecule has 8 nitrogen and oxygen atoms in total. The quantitative estimate of drug-likeness (QED) is 0.278. The van der Waals surface area contributed by atoms with Gasteiger partial charge in [0, 0.05) is 59.8 Å². The van der Waals surface area contributed by atoms with Gasteiger partial charge in [0.05, 0.1) is 23.4 Å². The summed E-state index contributed by atoms with van der Waals surface area (Å²) in [6.45, 7) is 11.5. The van der Waals surface area contributed by atoms with Crippen molar-refractivity contribution in [2.75, 3.05) is 18.6 Å². The molecule has 0 unspecified atom stereocenters. The third-order valence-corrected chi connectivity index (χ3v) is 7.23. The Morgan fingerprint density at radius 1 is 1.13 bits per heavy atom. The highest BCUT2D eigenvalue weighted by Gasteiger charge is 2.36. The van der Waals surface area contributed by atoms with Gasteiger partial charge >= 0.3 is 5.97 Å². The SMILES string of the molecule is COCc1cnc(N2CCn3c(C)cc4c(-c5ccc(Cl)cc5)c([C@H](OC(C)(C)C)C(=O)O)c(C)c2c43)nc1. The summed E-state index contributed by atoms with van der Waals surface area (Å²) in [5, 5.41) is 12.1. The Morgan fingerprint density at radius 3 is 2.38 bits per heavy atom. The fraction of sp³-hybridized carbons (Fsp3) is 0.367. The van der Waals surface area contributed by atoms with Crippen LogP contribution in [0.2, 0.25) is 5.02 Å². The molecule has 0 spiro atoms. The van der Waals surface area contributed by atoms with Crippen molar-refractivity contribution in [3.63, 3.8) is 0 Å². The minimum atomic E-state index is -1.20. The largest absolute Gasteiger partial charge is 0.479 e. The van der Waals surface area contributed by atoms with Gasteiger partial charge in [0.2, 0.25) is 5.95 Å². The zero-order chi connectivity index (χ0) is 28.1. The highest BCUT2D eigenvalue weighted by Crippen LogP contribution is 2.49. The van der Waals surface area contributed by atoms with E-state index in [2.05, 4.69) is 32.4 Å². The van der Waals surface area contributed by atoms with Gasteiger partial charge in [-0.25, -0.2) is 14.8 Å². The van der Waals surface area contributed by atoms with Crippen molar-refractivity contribution in [2.45, 2.75) is 59.5 Å². The van der Waals surface area contributed by atoms with E-state index in [-0.39, 0.29) is 0 Å². The third kappa shape index (κ3) is 5.00. The minimum Gasteiger partial charge on any atom is -0.479 e. The van der Waals surface area contributed by atoms with Crippen LogP contribution in [-0.4, -0.2) is 44.9 Å². The van der Waals surface area contributed by atoms with E-state index in [4.69, 9.17) is 21.1 Å². The number of carboxylic acids is 1. The summed E-state index contributed by atoms with van der Waals surface area (Å²) in [4.78, 5) is 24.2. The maximum Gasteiger partial charge on any atom is 0.337 e. The fourth-order valence-electron chi connectivity index (χ4n) is 5.46. The molecule has 0 aliphatic carbocycles. The molecular formula is C30H33ClN4O4. The van der Waals surface area contributed by atoms with E-state index >= 15 is 0 Å². The molecule has 204 valence electrons. The van der Waals surface area contributed by atoms with Gasteiger partial charge < -0.3 is 24.0 Å². The van der Waals surface area contributed by atoms with E-state index in [0.29, 0.717) is 29.7 Å². The number of carbonyl (C=O) groups is 1. The van der Waals surface area contributed by atoms with E-state index in [9.17, 15) is 9.90 Å². The Kier molecular flexibility index (Phi) is 7.13. The number of hydrogen-bond acceptors (Lipinski definition) is 6. The minimum absolute atomic E-state index is 0.427. The number of methoxy groups -OCH3 is 1. The van der Waals surface area contributed by atoms with Crippen molar-refractivity contribution in [1.29, 1.82) is 0 Å². The van der Waals surface area contributed by atoms with Crippen LogP contribution in [0.3, 0.4) is 0 Å². The molecule has 0 saturated heterocycles. The van der Waals surface area contributed by atoms with Crippen LogP contribution in [0.4, 0.5) is 11.6 Å². The van der Waals surface area contributed by atoms with Crippen LogP contribution in [0.5, 0.6) is 0 Å². The van der Waals surface area contributed by atoms with Crippen LogP contribution in [0.1, 0.15) is 49.3 Å². The molecule has 9 heteroatoms. The number of anilines is 2. The van der Waals surface area contributed by atoms with Crippen LogP contribution in [0, 0.1) is 13.8 Å². The summed E-state index contributed by atoms with van der Waals surface area (Å²) in [7, 11) is 1.64. The maximum atomic E-state index is 12.8. The molecule has 2 aromatic heterocycles. The molecule has 39 heavy (non-hydrogen) atoms. The van der Waals surface area contributed by atoms with Crippen molar-refractivity contribution in [2.24, 2.45) is 0 Å². The predicted octanol–water partition coefficient (Wildman–Crippen LogP) is 6.61. The predicted molar refractivity (Wildman–Crippen MR) is 153 cm³/mol. The molecule has 0 fully saturated rings. The van der Waals surface area contributed by atoms with Gasteiger partial charge in [-0.1, -0.05) is 23.7 Å². The van der Waals surface area contributed by atoms with Gasteiger partial charge in [-0.2, -0.15) is 0 Å². The average Bonchev–Trinajstić information content (AvgIpc) is 3.22. The number of aromatic nitrogens is 3. The average molecular weight is 549 g/mol. The van der Waals surface area contributed by atoms with Gasteiger partial charge in [-0.05, 0) is 69.5 Å². The smallest absolute Gasteiger partial charge is 0.337 e. The zero-order valence-electron chi connectivity index (χ0n) is 23.1. The fourth-order valence-corrected chi connectivity index (χ4v) is 5.59. The first kappa shape index (κ1) is 27.1. The molecule has 3 heterocycles. The first-order valence-corrected chi connectivity index (χ1v) is 13.3. The van der Waals surface area contributed by atoms with Crippen molar-refractivity contribution < 1.29 is 19.4 Å². The summed E-state index contributed by atoms with van der Waals surface area (Å²) in [5.74, 6) is -0.494. The van der Waals surface area contributed by atoms with Gasteiger partial charge in [-0.15, -0.1) is 0 Å². The van der Waals surface area contributed by atoms with Crippen LogP contribution >= 0.6 is 11.6 Å². The first-order chi connectivity index (χ1) is 18.5. The van der Waals surface area contributed by atoms with Crippen molar-refractivity contribution in [3.05, 3.63) is 70.1 Å². The lowest BCUT2D eigenvalue weighted by Gasteiger charge is -2.35. The number of aryl methyl sites for hydroxylation is 1. The molecular weight excluding hydrogens is 516 g/mol. The second kappa shape index (κ2) is 10.3. The van der Waals surface area contributed by atoms with Gasteiger partial charge in [0.1, 0.15) is 0 Å². The number of aliphatic carboxylic acids is 1. The second-order valence-electron chi connectivity index (χ2n) is 10.9. The number of benzene rings is 2. The number of carboxylic acid groups (broad SMARTS) is 1. The normalized spacial score (nSPS) is 14.2. The number of hydrogen-bond donors (Lipinski definition) is 1. The van der Waals surface area contributed by atoms with Crippen molar-refractivity contribution in [1.82, 2.24) is 14.5 Å². The van der Waals surface area contributed by atoms with Gasteiger partial charge in [-0.3, -0.25) is 0 Å². The standard InChI is InChI=1S/C30H33ClN4O4/c1-17-13-22-24(20-7-9-21(31)10-8-20)23(27(28(36)37)39-30(3,4)5)18(2)25-26(22)34(17)11-12-35(25)29-32-14-19(15-33-29)16-38-6/h7-10,13-15,27H,11-12,16H2,1-6H3,(H,36,37)/t27-/m0/s1. The zero-order valence-corrected chi connectivity index (χ0v) is 23.8. The van der Waals surface area contributed by atoms with Gasteiger partial charge in [0.15, 0.2) is 6.10 Å². The number of halogens is 1. The summed E-state index contributed by atoms with van der Waals surface area (Å²) in [5.41, 5.74) is 6.33. The second-order valence-corrected chi connectivity index (χ2v) is 11.3. The van der Waals surface area contributed by atoms with E-state index < -0.39 is 17.7 Å². The lowest BCUT2D eigenvalue weighted by Crippen LogP contribution is -2.32. The first-order valence-electron chi connectivity index (χ1n) is 12.9. The number of ether oxygens (including phenoxy) is 2. The molecule has 0 amide bonds. The topological polar surface area (TPSA) is 89.7 Å². The van der Waals surface area contributed by atoms with Crippen LogP contribution < -0.4 is 4.90 Å². The number of rotatable bonds is 7. The lowest BCUT2D eigenvalue weighted by atomic mass is 9.87. The molecule has 1 atom stereocenters. The molecule has 5 rings (SSSR count). The van der Waals surface area contributed by atoms with Crippen LogP contribution in [-0.2, 0) is 27.4 Å². The lowest BCUT2D eigenvalue weighted by molar-refractivity contribution is -0.160. The Morgan fingerprint density at radius 2 is 1.79 bits per heavy atom. The molecule has 1 aliphatic heterocycles. The highest BCUT2D eigenvalue weighted by atomic mass is 35.5. The Bertz CT molecular complexity index is 1540. The Labute approximate surface area is 233 Å². The molecule has 4 aromatic rings. The molecule has 1 aliphatic rings.